The molecule has 3 amide bonds. The first kappa shape index (κ1) is 30.1. The molecule has 8 nitrogen and oxygen atoms in total. The van der Waals surface area contributed by atoms with Crippen LogP contribution in [0.5, 0.6) is 0 Å². The second-order valence-electron chi connectivity index (χ2n) is 10.1. The number of hydrogen-bond donors (Lipinski definition) is 5. The summed E-state index contributed by atoms with van der Waals surface area (Å²) >= 11 is 12.2. The number of rotatable bonds is 9. The summed E-state index contributed by atoms with van der Waals surface area (Å²) in [5, 5.41) is 27.2. The zero-order valence-electron chi connectivity index (χ0n) is 22.4. The van der Waals surface area contributed by atoms with Gasteiger partial charge in [0.2, 0.25) is 0 Å². The van der Waals surface area contributed by atoms with Gasteiger partial charge in [-0.05, 0) is 77.8 Å². The molecule has 10 heteroatoms. The zero-order chi connectivity index (χ0) is 29.5. The summed E-state index contributed by atoms with van der Waals surface area (Å²) in [5.41, 5.74) is 4.72. The molecule has 0 saturated heterocycles. The second kappa shape index (κ2) is 13.7. The Hall–Kier alpha value is -3.85. The van der Waals surface area contributed by atoms with Gasteiger partial charge in [-0.3, -0.25) is 4.79 Å². The lowest BCUT2D eigenvalue weighted by molar-refractivity contribution is -0.146. The van der Waals surface area contributed by atoms with Crippen LogP contribution in [0.25, 0.3) is 5.57 Å². The van der Waals surface area contributed by atoms with Gasteiger partial charge in [-0.25, -0.2) is 9.59 Å². The minimum Gasteiger partial charge on any atom is -0.479 e. The summed E-state index contributed by atoms with van der Waals surface area (Å²) in [6.45, 7) is 1.83. The van der Waals surface area contributed by atoms with E-state index in [1.54, 1.807) is 42.5 Å². The molecule has 214 valence electrons. The standard InChI is InChI=1S/C31H31Cl2N3O5/c1-18-3-2-4-23(13-18)19-5-7-20(8-6-19)28(36-31(41)35-26-15-24(32)14-25(33)16-26)21-9-11-22(12-10-21)29(38)34-17-27(37)30(39)40/h4-12,14-16,18,27-28,37H,2-3,13,17H2,1H3,(H,34,38)(H,39,40)(H2,35,36,41)/t18?,27-,28+/m1/s1. The number of carbonyl (C=O) groups excluding carboxylic acids is 2. The highest BCUT2D eigenvalue weighted by Gasteiger charge is 2.20. The first-order chi connectivity index (χ1) is 19.6. The number of carboxylic acids is 1. The molecule has 0 saturated carbocycles. The molecular weight excluding hydrogens is 565 g/mol. The highest BCUT2D eigenvalue weighted by atomic mass is 35.5. The third kappa shape index (κ3) is 8.33. The van der Waals surface area contributed by atoms with Gasteiger partial charge in [-0.15, -0.1) is 0 Å². The van der Waals surface area contributed by atoms with Crippen LogP contribution in [0, 0.1) is 5.92 Å². The lowest BCUT2D eigenvalue weighted by Gasteiger charge is -2.22. The predicted molar refractivity (Wildman–Crippen MR) is 160 cm³/mol. The van der Waals surface area contributed by atoms with E-state index in [1.807, 2.05) is 12.1 Å². The van der Waals surface area contributed by atoms with Crippen molar-refractivity contribution in [2.45, 2.75) is 38.3 Å². The Bertz CT molecular complexity index is 1420. The number of nitrogens with one attached hydrogen (secondary N) is 3. The maximum Gasteiger partial charge on any atom is 0.334 e. The molecule has 0 aliphatic heterocycles. The second-order valence-corrected chi connectivity index (χ2v) is 11.0. The van der Waals surface area contributed by atoms with Crippen molar-refractivity contribution in [3.05, 3.63) is 105 Å². The van der Waals surface area contributed by atoms with Crippen LogP contribution in [-0.4, -0.2) is 40.8 Å². The molecule has 0 fully saturated rings. The van der Waals surface area contributed by atoms with Gasteiger partial charge in [0.05, 0.1) is 12.6 Å². The van der Waals surface area contributed by atoms with Gasteiger partial charge >= 0.3 is 12.0 Å². The van der Waals surface area contributed by atoms with E-state index in [0.29, 0.717) is 27.2 Å². The average Bonchev–Trinajstić information content (AvgIpc) is 2.94. The number of benzene rings is 3. The van der Waals surface area contributed by atoms with Gasteiger partial charge in [-0.1, -0.05) is 72.6 Å². The number of urea groups is 1. The van der Waals surface area contributed by atoms with Gasteiger partial charge in [0.15, 0.2) is 6.10 Å². The number of amides is 3. The molecule has 0 bridgehead atoms. The SMILES string of the molecule is CC1CCC=C(c2ccc([C@H](NC(=O)Nc3cc(Cl)cc(Cl)c3)c3ccc(C(=O)NC[C@@H](O)C(=O)O)cc3)cc2)C1. The van der Waals surface area contributed by atoms with Crippen LogP contribution in [0.15, 0.2) is 72.8 Å². The molecule has 0 radical (unpaired) electrons. The molecule has 0 spiro atoms. The summed E-state index contributed by atoms with van der Waals surface area (Å²) in [6, 6.07) is 18.3. The molecule has 0 heterocycles. The molecule has 41 heavy (non-hydrogen) atoms. The lowest BCUT2D eigenvalue weighted by Crippen LogP contribution is -2.36. The van der Waals surface area contributed by atoms with Crippen molar-refractivity contribution in [3.63, 3.8) is 0 Å². The number of carboxylic acid groups (broad SMARTS) is 1. The Kier molecular flexibility index (Phi) is 10.0. The van der Waals surface area contributed by atoms with Crippen molar-refractivity contribution in [1.82, 2.24) is 10.6 Å². The van der Waals surface area contributed by atoms with Crippen molar-refractivity contribution >= 4 is 52.4 Å². The first-order valence-electron chi connectivity index (χ1n) is 13.2. The maximum absolute atomic E-state index is 13.1. The third-order valence-electron chi connectivity index (χ3n) is 6.88. The van der Waals surface area contributed by atoms with Gasteiger partial charge in [0.1, 0.15) is 0 Å². The number of anilines is 1. The van der Waals surface area contributed by atoms with Crippen molar-refractivity contribution in [3.8, 4) is 0 Å². The van der Waals surface area contributed by atoms with Crippen LogP contribution in [0.2, 0.25) is 10.0 Å². The molecule has 5 N–H and O–H groups in total. The van der Waals surface area contributed by atoms with Crippen molar-refractivity contribution in [2.75, 3.05) is 11.9 Å². The molecule has 3 aromatic rings. The highest BCUT2D eigenvalue weighted by molar-refractivity contribution is 6.35. The molecule has 0 aromatic heterocycles. The van der Waals surface area contributed by atoms with E-state index in [2.05, 4.69) is 41.1 Å². The minimum absolute atomic E-state index is 0.275. The molecule has 1 unspecified atom stereocenters. The summed E-state index contributed by atoms with van der Waals surface area (Å²) in [5.74, 6) is -1.32. The van der Waals surface area contributed by atoms with E-state index in [1.165, 1.54) is 12.0 Å². The molecule has 4 rings (SSSR count). The number of carbonyl (C=O) groups is 3. The monoisotopic (exact) mass is 595 g/mol. The number of allylic oxidation sites excluding steroid dienone is 2. The summed E-state index contributed by atoms with van der Waals surface area (Å²) < 4.78 is 0. The van der Waals surface area contributed by atoms with Crippen LogP contribution < -0.4 is 16.0 Å². The van der Waals surface area contributed by atoms with Crippen molar-refractivity contribution < 1.29 is 24.6 Å². The first-order valence-corrected chi connectivity index (χ1v) is 14.0. The molecule has 1 aliphatic carbocycles. The Balaban J connectivity index is 1.56. The maximum atomic E-state index is 13.1. The Morgan fingerprint density at radius 1 is 0.951 bits per heavy atom. The molecular formula is C31H31Cl2N3O5. The van der Waals surface area contributed by atoms with E-state index >= 15 is 0 Å². The van der Waals surface area contributed by atoms with Gasteiger partial charge in [-0.2, -0.15) is 0 Å². The van der Waals surface area contributed by atoms with E-state index < -0.39 is 36.6 Å². The van der Waals surface area contributed by atoms with Gasteiger partial charge < -0.3 is 26.2 Å². The number of hydrogen-bond acceptors (Lipinski definition) is 4. The minimum atomic E-state index is -1.70. The Labute approximate surface area is 248 Å². The Morgan fingerprint density at radius 2 is 1.56 bits per heavy atom. The fourth-order valence-corrected chi connectivity index (χ4v) is 5.24. The largest absolute Gasteiger partial charge is 0.479 e. The van der Waals surface area contributed by atoms with Crippen molar-refractivity contribution in [1.29, 1.82) is 0 Å². The van der Waals surface area contributed by atoms with E-state index in [0.717, 1.165) is 24.0 Å². The van der Waals surface area contributed by atoms with Crippen LogP contribution in [0.4, 0.5) is 10.5 Å². The topological polar surface area (TPSA) is 128 Å². The van der Waals surface area contributed by atoms with Crippen molar-refractivity contribution in [2.24, 2.45) is 5.92 Å². The van der Waals surface area contributed by atoms with Gasteiger partial charge in [0, 0.05) is 21.3 Å². The third-order valence-corrected chi connectivity index (χ3v) is 7.31. The summed E-state index contributed by atoms with van der Waals surface area (Å²) in [4.78, 5) is 36.3. The van der Waals surface area contributed by atoms with E-state index in [9.17, 15) is 19.5 Å². The quantitative estimate of drug-likeness (QED) is 0.199. The zero-order valence-corrected chi connectivity index (χ0v) is 23.9. The fraction of sp³-hybridized carbons (Fsp3) is 0.258. The Morgan fingerprint density at radius 3 is 2.15 bits per heavy atom. The predicted octanol–water partition coefficient (Wildman–Crippen LogP) is 6.28. The van der Waals surface area contributed by atoms with Crippen LogP contribution in [0.1, 0.15) is 59.3 Å². The number of aliphatic hydroxyl groups is 1. The smallest absolute Gasteiger partial charge is 0.334 e. The van der Waals surface area contributed by atoms with E-state index in [4.69, 9.17) is 28.3 Å². The number of aliphatic hydroxyl groups excluding tert-OH is 1. The summed E-state index contributed by atoms with van der Waals surface area (Å²) in [7, 11) is 0. The number of halogens is 2. The van der Waals surface area contributed by atoms with Crippen LogP contribution >= 0.6 is 23.2 Å². The fourth-order valence-electron chi connectivity index (χ4n) is 4.72. The number of aliphatic carboxylic acids is 1. The highest BCUT2D eigenvalue weighted by Crippen LogP contribution is 2.32. The average molecular weight is 597 g/mol. The normalized spacial score (nSPS) is 16.2. The molecule has 3 aromatic carbocycles. The molecule has 1 aliphatic rings. The van der Waals surface area contributed by atoms with Crippen LogP contribution in [0.3, 0.4) is 0 Å². The lowest BCUT2D eigenvalue weighted by atomic mass is 9.86. The van der Waals surface area contributed by atoms with Crippen LogP contribution in [-0.2, 0) is 4.79 Å². The van der Waals surface area contributed by atoms with E-state index in [-0.39, 0.29) is 5.56 Å². The van der Waals surface area contributed by atoms with Gasteiger partial charge in [0.25, 0.3) is 5.91 Å². The summed E-state index contributed by atoms with van der Waals surface area (Å²) in [6.07, 6.45) is 3.86. The molecule has 3 atom stereocenters.